The minimum absolute atomic E-state index is 0.186. The van der Waals surface area contributed by atoms with Crippen molar-refractivity contribution in [3.8, 4) is 5.75 Å². The molecule has 88 valence electrons. The Balaban J connectivity index is 2.19. The van der Waals surface area contributed by atoms with E-state index in [-0.39, 0.29) is 17.9 Å². The first-order chi connectivity index (χ1) is 7.56. The van der Waals surface area contributed by atoms with Crippen LogP contribution in [0, 0.1) is 5.82 Å². The van der Waals surface area contributed by atoms with Gasteiger partial charge in [0.25, 0.3) is 0 Å². The molecule has 0 saturated heterocycles. The van der Waals surface area contributed by atoms with Crippen LogP contribution < -0.4 is 10.1 Å². The van der Waals surface area contributed by atoms with Gasteiger partial charge < -0.3 is 15.2 Å². The van der Waals surface area contributed by atoms with E-state index in [1.54, 1.807) is 6.07 Å². The van der Waals surface area contributed by atoms with Crippen molar-refractivity contribution in [2.24, 2.45) is 0 Å². The third-order valence-corrected chi connectivity index (χ3v) is 2.60. The molecule has 0 bridgehead atoms. The van der Waals surface area contributed by atoms with Crippen LogP contribution in [0.25, 0.3) is 0 Å². The fraction of sp³-hybridized carbons (Fsp3) is 0.500. The molecule has 0 amide bonds. The largest absolute Gasteiger partial charge is 0.463 e. The van der Waals surface area contributed by atoms with E-state index in [1.165, 1.54) is 12.1 Å². The van der Waals surface area contributed by atoms with E-state index in [1.807, 2.05) is 13.8 Å². The summed E-state index contributed by atoms with van der Waals surface area (Å²) >= 11 is 0. The molecule has 1 aromatic rings. The maximum atomic E-state index is 13.0. The highest BCUT2D eigenvalue weighted by Gasteiger charge is 2.28. The summed E-state index contributed by atoms with van der Waals surface area (Å²) in [6, 6.07) is 4.41. The van der Waals surface area contributed by atoms with Crippen molar-refractivity contribution in [1.29, 1.82) is 0 Å². The van der Waals surface area contributed by atoms with Crippen LogP contribution >= 0.6 is 0 Å². The van der Waals surface area contributed by atoms with Gasteiger partial charge in [0.1, 0.15) is 11.6 Å². The molecule has 1 aromatic carbocycles. The Morgan fingerprint density at radius 2 is 2.25 bits per heavy atom. The van der Waals surface area contributed by atoms with Crippen LogP contribution in [0.2, 0.25) is 0 Å². The molecule has 2 rings (SSSR count). The second-order valence-corrected chi connectivity index (χ2v) is 4.39. The van der Waals surface area contributed by atoms with Gasteiger partial charge >= 0.3 is 0 Å². The molecule has 1 heterocycles. The van der Waals surface area contributed by atoms with Crippen LogP contribution in [0.5, 0.6) is 5.75 Å². The monoisotopic (exact) mass is 225 g/mol. The van der Waals surface area contributed by atoms with Gasteiger partial charge in [0.15, 0.2) is 0 Å². The lowest BCUT2D eigenvalue weighted by Gasteiger charge is -2.32. The van der Waals surface area contributed by atoms with Gasteiger partial charge in [0, 0.05) is 6.04 Å². The van der Waals surface area contributed by atoms with Crippen molar-refractivity contribution >= 4 is 0 Å². The fourth-order valence-electron chi connectivity index (χ4n) is 1.94. The second kappa shape index (κ2) is 4.39. The Hall–Kier alpha value is -1.13. The average molecular weight is 225 g/mol. The van der Waals surface area contributed by atoms with Gasteiger partial charge in [-0.3, -0.25) is 0 Å². The normalized spacial score (nSPS) is 24.1. The van der Waals surface area contributed by atoms with Crippen LogP contribution in [0.4, 0.5) is 4.39 Å². The number of hydrogen-bond acceptors (Lipinski definition) is 3. The van der Waals surface area contributed by atoms with E-state index in [2.05, 4.69) is 5.32 Å². The van der Waals surface area contributed by atoms with Crippen LogP contribution in [0.1, 0.15) is 19.4 Å². The predicted molar refractivity (Wildman–Crippen MR) is 58.8 cm³/mol. The van der Waals surface area contributed by atoms with Crippen molar-refractivity contribution in [2.75, 3.05) is 0 Å². The van der Waals surface area contributed by atoms with E-state index in [4.69, 9.17) is 4.74 Å². The zero-order valence-corrected chi connectivity index (χ0v) is 9.40. The van der Waals surface area contributed by atoms with Gasteiger partial charge in [-0.15, -0.1) is 0 Å². The standard InChI is InChI=1S/C12H16FNO2/c1-7(2)14-10-6-8-5-9(13)3-4-11(8)16-12(10)15/h3-5,7,10,12,14-15H,6H2,1-2H3/t10-,12+/m0/s1. The summed E-state index contributed by atoms with van der Waals surface area (Å²) in [5.41, 5.74) is 0.795. The maximum Gasteiger partial charge on any atom is 0.213 e. The maximum absolute atomic E-state index is 13.0. The van der Waals surface area contributed by atoms with Gasteiger partial charge in [0.2, 0.25) is 6.29 Å². The number of rotatable bonds is 2. The summed E-state index contributed by atoms with van der Waals surface area (Å²) in [7, 11) is 0. The van der Waals surface area contributed by atoms with Crippen LogP contribution in [0.3, 0.4) is 0 Å². The van der Waals surface area contributed by atoms with Crippen molar-refractivity contribution in [1.82, 2.24) is 5.32 Å². The highest BCUT2D eigenvalue weighted by molar-refractivity contribution is 5.36. The number of halogens is 1. The molecular weight excluding hydrogens is 209 g/mol. The molecule has 1 aliphatic rings. The summed E-state index contributed by atoms with van der Waals surface area (Å²) in [6.07, 6.45) is -0.299. The van der Waals surface area contributed by atoms with Crippen molar-refractivity contribution < 1.29 is 14.2 Å². The highest BCUT2D eigenvalue weighted by Crippen LogP contribution is 2.27. The molecular formula is C12H16FNO2. The van der Waals surface area contributed by atoms with Crippen LogP contribution in [-0.4, -0.2) is 23.5 Å². The summed E-state index contributed by atoms with van der Waals surface area (Å²) < 4.78 is 18.4. The van der Waals surface area contributed by atoms with Crippen molar-refractivity contribution in [3.63, 3.8) is 0 Å². The zero-order valence-electron chi connectivity index (χ0n) is 9.40. The van der Waals surface area contributed by atoms with Gasteiger partial charge in [-0.1, -0.05) is 13.8 Å². The predicted octanol–water partition coefficient (Wildman–Crippen LogP) is 1.45. The molecule has 0 aliphatic carbocycles. The molecule has 0 unspecified atom stereocenters. The number of fused-ring (bicyclic) bond motifs is 1. The number of aliphatic hydroxyl groups excluding tert-OH is 1. The SMILES string of the molecule is CC(C)N[C@H]1Cc2cc(F)ccc2O[C@H]1O. The van der Waals surface area contributed by atoms with Gasteiger partial charge in [-0.05, 0) is 30.2 Å². The first kappa shape index (κ1) is 11.4. The van der Waals surface area contributed by atoms with E-state index in [0.29, 0.717) is 12.2 Å². The number of benzene rings is 1. The molecule has 0 radical (unpaired) electrons. The number of hydrogen-bond donors (Lipinski definition) is 2. The average Bonchev–Trinajstić information content (AvgIpc) is 2.19. The van der Waals surface area contributed by atoms with E-state index >= 15 is 0 Å². The molecule has 16 heavy (non-hydrogen) atoms. The van der Waals surface area contributed by atoms with Crippen LogP contribution in [0.15, 0.2) is 18.2 Å². The molecule has 2 atom stereocenters. The topological polar surface area (TPSA) is 41.5 Å². The summed E-state index contributed by atoms with van der Waals surface area (Å²) in [6.45, 7) is 3.99. The Bertz CT molecular complexity index is 381. The van der Waals surface area contributed by atoms with E-state index in [9.17, 15) is 9.50 Å². The van der Waals surface area contributed by atoms with Gasteiger partial charge in [0.05, 0.1) is 6.04 Å². The smallest absolute Gasteiger partial charge is 0.213 e. The minimum atomic E-state index is -0.875. The number of ether oxygens (including phenoxy) is 1. The molecule has 3 nitrogen and oxygen atoms in total. The van der Waals surface area contributed by atoms with Crippen molar-refractivity contribution in [3.05, 3.63) is 29.6 Å². The number of aliphatic hydroxyl groups is 1. The van der Waals surface area contributed by atoms with Gasteiger partial charge in [-0.25, -0.2) is 4.39 Å². The Morgan fingerprint density at radius 3 is 2.94 bits per heavy atom. The first-order valence-corrected chi connectivity index (χ1v) is 5.45. The highest BCUT2D eigenvalue weighted by atomic mass is 19.1. The molecule has 1 aliphatic heterocycles. The quantitative estimate of drug-likeness (QED) is 0.800. The van der Waals surface area contributed by atoms with Crippen LogP contribution in [-0.2, 0) is 6.42 Å². The second-order valence-electron chi connectivity index (χ2n) is 4.39. The summed E-state index contributed by atoms with van der Waals surface area (Å²) in [4.78, 5) is 0. The van der Waals surface area contributed by atoms with Crippen molar-refractivity contribution in [2.45, 2.75) is 38.6 Å². The molecule has 4 heteroatoms. The lowest BCUT2D eigenvalue weighted by Crippen LogP contribution is -2.49. The fourth-order valence-corrected chi connectivity index (χ4v) is 1.94. The first-order valence-electron chi connectivity index (χ1n) is 5.45. The summed E-state index contributed by atoms with van der Waals surface area (Å²) in [5, 5.41) is 12.9. The van der Waals surface area contributed by atoms with E-state index < -0.39 is 6.29 Å². The molecule has 0 aromatic heterocycles. The minimum Gasteiger partial charge on any atom is -0.463 e. The van der Waals surface area contributed by atoms with Gasteiger partial charge in [-0.2, -0.15) is 0 Å². The lowest BCUT2D eigenvalue weighted by atomic mass is 10.0. The number of nitrogens with one attached hydrogen (secondary N) is 1. The Kier molecular flexibility index (Phi) is 3.12. The summed E-state index contributed by atoms with van der Waals surface area (Å²) in [5.74, 6) is 0.290. The Morgan fingerprint density at radius 1 is 1.50 bits per heavy atom. The third kappa shape index (κ3) is 2.33. The molecule has 0 saturated carbocycles. The Labute approximate surface area is 94.2 Å². The van der Waals surface area contributed by atoms with E-state index in [0.717, 1.165) is 5.56 Å². The molecule has 0 spiro atoms. The molecule has 0 fully saturated rings. The molecule has 2 N–H and O–H groups in total. The lowest BCUT2D eigenvalue weighted by molar-refractivity contribution is -0.0571. The third-order valence-electron chi connectivity index (χ3n) is 2.60. The zero-order chi connectivity index (χ0) is 11.7.